The van der Waals surface area contributed by atoms with Crippen LogP contribution in [0.1, 0.15) is 61.3 Å². The van der Waals surface area contributed by atoms with Crippen molar-refractivity contribution in [1.29, 1.82) is 0 Å². The number of hydrogen-bond donors (Lipinski definition) is 1. The molecule has 0 bridgehead atoms. The number of ether oxygens (including phenoxy) is 1. The van der Waals surface area contributed by atoms with Crippen LogP contribution in [0.3, 0.4) is 0 Å². The Morgan fingerprint density at radius 2 is 2.12 bits per heavy atom. The third-order valence-corrected chi connectivity index (χ3v) is 6.40. The average molecular weight is 342 g/mol. The number of aliphatic hydroxyl groups excluding tert-OH is 1. The maximum absolute atomic E-state index is 9.89. The average Bonchev–Trinajstić information content (AvgIpc) is 3.16. The summed E-state index contributed by atoms with van der Waals surface area (Å²) >= 11 is 1.74. The van der Waals surface area contributed by atoms with Crippen molar-refractivity contribution >= 4 is 21.6 Å². The van der Waals surface area contributed by atoms with Crippen LogP contribution in [-0.4, -0.2) is 27.3 Å². The maximum atomic E-state index is 9.89. The van der Waals surface area contributed by atoms with Gasteiger partial charge in [0.2, 0.25) is 5.88 Å². The third kappa shape index (κ3) is 2.89. The Hall–Kier alpha value is -1.64. The Morgan fingerprint density at radius 3 is 2.92 bits per heavy atom. The number of terminal acetylenes is 1. The summed E-state index contributed by atoms with van der Waals surface area (Å²) in [5.74, 6) is 3.45. The minimum atomic E-state index is -0.691. The molecule has 1 N–H and O–H groups in total. The molecule has 0 spiro atoms. The molecule has 2 aliphatic rings. The molecule has 0 aliphatic heterocycles. The fourth-order valence-electron chi connectivity index (χ4n) is 4.04. The van der Waals surface area contributed by atoms with Gasteiger partial charge in [0.25, 0.3) is 0 Å². The van der Waals surface area contributed by atoms with E-state index in [1.807, 2.05) is 0 Å². The number of fused-ring (bicyclic) bond motifs is 3. The molecule has 5 heteroatoms. The molecule has 2 heterocycles. The minimum absolute atomic E-state index is 0.267. The topological polar surface area (TPSA) is 55.2 Å². The summed E-state index contributed by atoms with van der Waals surface area (Å²) in [6, 6.07) is 0. The molecule has 4 nitrogen and oxygen atoms in total. The van der Waals surface area contributed by atoms with Gasteiger partial charge in [-0.1, -0.05) is 12.3 Å². The molecular formula is C19H22N2O2S. The molecule has 1 saturated carbocycles. The van der Waals surface area contributed by atoms with Gasteiger partial charge >= 0.3 is 0 Å². The van der Waals surface area contributed by atoms with Crippen molar-refractivity contribution in [3.63, 3.8) is 0 Å². The molecule has 0 aromatic carbocycles. The van der Waals surface area contributed by atoms with Crippen LogP contribution in [0.15, 0.2) is 6.33 Å². The Morgan fingerprint density at radius 1 is 1.29 bits per heavy atom. The van der Waals surface area contributed by atoms with Gasteiger partial charge in [0, 0.05) is 4.88 Å². The van der Waals surface area contributed by atoms with Gasteiger partial charge in [-0.05, 0) is 56.4 Å². The highest BCUT2D eigenvalue weighted by Gasteiger charge is 2.31. The molecule has 0 saturated heterocycles. The quantitative estimate of drug-likeness (QED) is 0.858. The maximum Gasteiger partial charge on any atom is 0.225 e. The molecule has 2 aliphatic carbocycles. The van der Waals surface area contributed by atoms with E-state index in [1.165, 1.54) is 29.7 Å². The van der Waals surface area contributed by atoms with Gasteiger partial charge in [-0.25, -0.2) is 9.97 Å². The number of nitrogens with zero attached hydrogens (tertiary/aromatic N) is 2. The second kappa shape index (κ2) is 6.70. The summed E-state index contributed by atoms with van der Waals surface area (Å²) in [6.07, 6.45) is 15.2. The summed E-state index contributed by atoms with van der Waals surface area (Å²) < 4.78 is 6.28. The molecule has 24 heavy (non-hydrogen) atoms. The molecule has 2 aromatic rings. The number of thiophene rings is 1. The second-order valence-electron chi connectivity index (χ2n) is 6.83. The zero-order valence-corrected chi connectivity index (χ0v) is 14.5. The molecule has 0 radical (unpaired) electrons. The lowest BCUT2D eigenvalue weighted by Crippen LogP contribution is -2.20. The second-order valence-corrected chi connectivity index (χ2v) is 7.91. The highest BCUT2D eigenvalue weighted by atomic mass is 32.1. The van der Waals surface area contributed by atoms with Gasteiger partial charge in [0.05, 0.1) is 5.39 Å². The number of hydrogen-bond acceptors (Lipinski definition) is 5. The van der Waals surface area contributed by atoms with E-state index >= 15 is 0 Å². The monoisotopic (exact) mass is 342 g/mol. The summed E-state index contributed by atoms with van der Waals surface area (Å²) in [6.45, 7) is 0. The summed E-state index contributed by atoms with van der Waals surface area (Å²) in [5, 5.41) is 11.0. The first kappa shape index (κ1) is 15.9. The van der Waals surface area contributed by atoms with Crippen LogP contribution >= 0.6 is 11.3 Å². The van der Waals surface area contributed by atoms with Gasteiger partial charge in [-0.3, -0.25) is 0 Å². The van der Waals surface area contributed by atoms with Crippen molar-refractivity contribution in [2.45, 2.75) is 69.5 Å². The lowest BCUT2D eigenvalue weighted by atomic mass is 9.94. The van der Waals surface area contributed by atoms with Crippen molar-refractivity contribution < 1.29 is 9.84 Å². The SMILES string of the molecule is C#CC(O)CC1CCc2sc3ncnc(OC4CCCCC4)c3c21. The van der Waals surface area contributed by atoms with E-state index in [0.29, 0.717) is 6.42 Å². The predicted molar refractivity (Wildman–Crippen MR) is 95.4 cm³/mol. The molecule has 126 valence electrons. The highest BCUT2D eigenvalue weighted by Crippen LogP contribution is 2.47. The van der Waals surface area contributed by atoms with E-state index in [2.05, 4.69) is 15.9 Å². The van der Waals surface area contributed by atoms with E-state index < -0.39 is 6.10 Å². The van der Waals surface area contributed by atoms with Gasteiger partial charge < -0.3 is 9.84 Å². The van der Waals surface area contributed by atoms with Gasteiger partial charge in [-0.15, -0.1) is 17.8 Å². The number of aromatic nitrogens is 2. The molecule has 0 amide bonds. The Balaban J connectivity index is 1.69. The normalized spacial score (nSPS) is 22.2. The van der Waals surface area contributed by atoms with Crippen molar-refractivity contribution in [1.82, 2.24) is 9.97 Å². The zero-order chi connectivity index (χ0) is 16.5. The minimum Gasteiger partial charge on any atom is -0.474 e. The number of aryl methyl sites for hydroxylation is 1. The van der Waals surface area contributed by atoms with Gasteiger partial charge in [-0.2, -0.15) is 0 Å². The smallest absolute Gasteiger partial charge is 0.225 e. The van der Waals surface area contributed by atoms with E-state index in [1.54, 1.807) is 17.7 Å². The van der Waals surface area contributed by atoms with E-state index in [9.17, 15) is 5.11 Å². The Kier molecular flexibility index (Phi) is 4.43. The van der Waals surface area contributed by atoms with Crippen molar-refractivity contribution in [2.75, 3.05) is 0 Å². The van der Waals surface area contributed by atoms with Crippen LogP contribution in [-0.2, 0) is 6.42 Å². The van der Waals surface area contributed by atoms with Crippen LogP contribution in [0, 0.1) is 12.3 Å². The number of rotatable bonds is 4. The van der Waals surface area contributed by atoms with Crippen molar-refractivity contribution in [2.24, 2.45) is 0 Å². The standard InChI is InChI=1S/C19H22N2O2S/c1-2-13(22)10-12-8-9-15-16(12)17-18(20-11-21-19(17)24-15)23-14-6-4-3-5-7-14/h1,11-14,22H,3-10H2. The van der Waals surface area contributed by atoms with Crippen LogP contribution < -0.4 is 4.74 Å². The lowest BCUT2D eigenvalue weighted by Gasteiger charge is -2.23. The van der Waals surface area contributed by atoms with Crippen LogP contribution in [0.5, 0.6) is 5.88 Å². The van der Waals surface area contributed by atoms with Crippen LogP contribution in [0.2, 0.25) is 0 Å². The highest BCUT2D eigenvalue weighted by molar-refractivity contribution is 7.19. The molecule has 2 aromatic heterocycles. The molecular weight excluding hydrogens is 320 g/mol. The molecule has 1 fully saturated rings. The first-order valence-electron chi connectivity index (χ1n) is 8.83. The first-order chi connectivity index (χ1) is 11.8. The zero-order valence-electron chi connectivity index (χ0n) is 13.7. The number of aliphatic hydroxyl groups is 1. The lowest BCUT2D eigenvalue weighted by molar-refractivity contribution is 0.150. The summed E-state index contributed by atoms with van der Waals surface area (Å²) in [7, 11) is 0. The largest absolute Gasteiger partial charge is 0.474 e. The fraction of sp³-hybridized carbons (Fsp3) is 0.579. The predicted octanol–water partition coefficient (Wildman–Crippen LogP) is 3.82. The summed E-state index contributed by atoms with van der Waals surface area (Å²) in [4.78, 5) is 11.3. The fourth-order valence-corrected chi connectivity index (χ4v) is 5.27. The first-order valence-corrected chi connectivity index (χ1v) is 9.65. The third-order valence-electron chi connectivity index (χ3n) is 5.23. The van der Waals surface area contributed by atoms with E-state index in [4.69, 9.17) is 11.2 Å². The molecule has 2 atom stereocenters. The van der Waals surface area contributed by atoms with Gasteiger partial charge in [0.15, 0.2) is 0 Å². The van der Waals surface area contributed by atoms with Crippen molar-refractivity contribution in [3.05, 3.63) is 16.8 Å². The molecule has 2 unspecified atom stereocenters. The van der Waals surface area contributed by atoms with Crippen LogP contribution in [0.4, 0.5) is 0 Å². The molecule has 4 rings (SSSR count). The van der Waals surface area contributed by atoms with E-state index in [-0.39, 0.29) is 12.0 Å². The van der Waals surface area contributed by atoms with Gasteiger partial charge in [0.1, 0.15) is 23.4 Å². The summed E-state index contributed by atoms with van der Waals surface area (Å²) in [5.41, 5.74) is 1.27. The Labute approximate surface area is 146 Å². The van der Waals surface area contributed by atoms with Crippen LogP contribution in [0.25, 0.3) is 10.2 Å². The van der Waals surface area contributed by atoms with Crippen molar-refractivity contribution in [3.8, 4) is 18.2 Å². The van der Waals surface area contributed by atoms with E-state index in [0.717, 1.165) is 41.8 Å². The Bertz CT molecular complexity index is 774.